The second kappa shape index (κ2) is 10.3. The van der Waals surface area contributed by atoms with E-state index < -0.39 is 6.04 Å². The summed E-state index contributed by atoms with van der Waals surface area (Å²) in [5.74, 6) is 0.0900. The standard InChI is InChI=1S/C23H29ClN2O2/c1-16(2)14-25-23(28)18(4)26(15-20-10-5-6-11-21(20)24)22(27)13-19-9-7-8-17(3)12-19/h5-12,16,18H,13-15H2,1-4H3,(H,25,28). The first-order valence-electron chi connectivity index (χ1n) is 9.64. The Hall–Kier alpha value is -2.33. The molecule has 28 heavy (non-hydrogen) atoms. The predicted molar refractivity (Wildman–Crippen MR) is 114 cm³/mol. The van der Waals surface area contributed by atoms with Gasteiger partial charge >= 0.3 is 0 Å². The molecular formula is C23H29ClN2O2. The quantitative estimate of drug-likeness (QED) is 0.714. The minimum atomic E-state index is -0.590. The molecule has 5 heteroatoms. The number of hydrogen-bond acceptors (Lipinski definition) is 2. The third-order valence-electron chi connectivity index (χ3n) is 4.59. The maximum absolute atomic E-state index is 13.1. The van der Waals surface area contributed by atoms with E-state index in [4.69, 9.17) is 11.6 Å². The lowest BCUT2D eigenvalue weighted by Gasteiger charge is -2.29. The van der Waals surface area contributed by atoms with Gasteiger partial charge in [0.1, 0.15) is 6.04 Å². The number of carbonyl (C=O) groups is 2. The molecule has 0 saturated carbocycles. The van der Waals surface area contributed by atoms with Gasteiger partial charge in [0.2, 0.25) is 11.8 Å². The van der Waals surface area contributed by atoms with Crippen LogP contribution in [-0.4, -0.2) is 29.3 Å². The van der Waals surface area contributed by atoms with Gasteiger partial charge in [-0.1, -0.05) is 73.5 Å². The van der Waals surface area contributed by atoms with Crippen LogP contribution < -0.4 is 5.32 Å². The summed E-state index contributed by atoms with van der Waals surface area (Å²) in [5, 5.41) is 3.51. The lowest BCUT2D eigenvalue weighted by Crippen LogP contribution is -2.48. The van der Waals surface area contributed by atoms with Crippen LogP contribution in [0, 0.1) is 12.8 Å². The zero-order valence-corrected chi connectivity index (χ0v) is 17.8. The number of carbonyl (C=O) groups excluding carboxylic acids is 2. The smallest absolute Gasteiger partial charge is 0.242 e. The molecule has 0 aliphatic rings. The highest BCUT2D eigenvalue weighted by Crippen LogP contribution is 2.19. The molecule has 0 bridgehead atoms. The lowest BCUT2D eigenvalue weighted by molar-refractivity contribution is -0.140. The Morgan fingerprint density at radius 3 is 2.43 bits per heavy atom. The monoisotopic (exact) mass is 400 g/mol. The Kier molecular flexibility index (Phi) is 8.06. The third kappa shape index (κ3) is 6.38. The van der Waals surface area contributed by atoms with Crippen LogP contribution in [0.2, 0.25) is 5.02 Å². The molecule has 1 unspecified atom stereocenters. The second-order valence-electron chi connectivity index (χ2n) is 7.59. The molecule has 0 aromatic heterocycles. The van der Waals surface area contributed by atoms with Crippen molar-refractivity contribution in [2.75, 3.05) is 6.54 Å². The largest absolute Gasteiger partial charge is 0.354 e. The fraction of sp³-hybridized carbons (Fsp3) is 0.391. The van der Waals surface area contributed by atoms with Gasteiger partial charge in [-0.2, -0.15) is 0 Å². The first kappa shape index (κ1) is 22.0. The van der Waals surface area contributed by atoms with Crippen LogP contribution >= 0.6 is 11.6 Å². The number of amides is 2. The Morgan fingerprint density at radius 2 is 1.79 bits per heavy atom. The molecule has 0 aliphatic heterocycles. The molecule has 0 heterocycles. The minimum absolute atomic E-state index is 0.0993. The number of aryl methyl sites for hydroxylation is 1. The van der Waals surface area contributed by atoms with Crippen LogP contribution in [-0.2, 0) is 22.6 Å². The van der Waals surface area contributed by atoms with E-state index in [1.165, 1.54) is 0 Å². The van der Waals surface area contributed by atoms with Crippen LogP contribution in [0.25, 0.3) is 0 Å². The molecule has 2 aromatic carbocycles. The van der Waals surface area contributed by atoms with Gasteiger partial charge in [-0.3, -0.25) is 9.59 Å². The maximum Gasteiger partial charge on any atom is 0.242 e. The highest BCUT2D eigenvalue weighted by Gasteiger charge is 2.26. The van der Waals surface area contributed by atoms with Crippen molar-refractivity contribution < 1.29 is 9.59 Å². The molecule has 2 rings (SSSR count). The highest BCUT2D eigenvalue weighted by molar-refractivity contribution is 6.31. The van der Waals surface area contributed by atoms with Gasteiger partial charge in [-0.05, 0) is 37.0 Å². The summed E-state index contributed by atoms with van der Waals surface area (Å²) < 4.78 is 0. The van der Waals surface area contributed by atoms with Gasteiger partial charge in [0.05, 0.1) is 6.42 Å². The zero-order chi connectivity index (χ0) is 20.7. The summed E-state index contributed by atoms with van der Waals surface area (Å²) in [7, 11) is 0. The van der Waals surface area contributed by atoms with Crippen LogP contribution in [0.4, 0.5) is 0 Å². The number of hydrogen-bond donors (Lipinski definition) is 1. The molecule has 1 N–H and O–H groups in total. The molecule has 0 radical (unpaired) electrons. The maximum atomic E-state index is 13.1. The molecule has 0 fully saturated rings. The van der Waals surface area contributed by atoms with Gasteiger partial charge in [0.15, 0.2) is 0 Å². The molecule has 0 saturated heterocycles. The van der Waals surface area contributed by atoms with Crippen LogP contribution in [0.15, 0.2) is 48.5 Å². The molecule has 1 atom stereocenters. The van der Waals surface area contributed by atoms with E-state index in [1.807, 2.05) is 63.2 Å². The van der Waals surface area contributed by atoms with Crippen molar-refractivity contribution in [3.63, 3.8) is 0 Å². The SMILES string of the molecule is Cc1cccc(CC(=O)N(Cc2ccccc2Cl)C(C)C(=O)NCC(C)C)c1. The second-order valence-corrected chi connectivity index (χ2v) is 8.00. The van der Waals surface area contributed by atoms with E-state index in [0.29, 0.717) is 24.0 Å². The topological polar surface area (TPSA) is 49.4 Å². The lowest BCUT2D eigenvalue weighted by atomic mass is 10.1. The average Bonchev–Trinajstić information content (AvgIpc) is 2.64. The molecular weight excluding hydrogens is 372 g/mol. The van der Waals surface area contributed by atoms with E-state index in [9.17, 15) is 9.59 Å². The Morgan fingerprint density at radius 1 is 1.07 bits per heavy atom. The van der Waals surface area contributed by atoms with E-state index in [0.717, 1.165) is 16.7 Å². The normalized spacial score (nSPS) is 11.9. The van der Waals surface area contributed by atoms with Crippen molar-refractivity contribution >= 4 is 23.4 Å². The zero-order valence-electron chi connectivity index (χ0n) is 17.0. The third-order valence-corrected chi connectivity index (χ3v) is 4.96. The van der Waals surface area contributed by atoms with Crippen molar-refractivity contribution in [2.24, 2.45) is 5.92 Å². The van der Waals surface area contributed by atoms with Crippen molar-refractivity contribution in [3.8, 4) is 0 Å². The first-order valence-corrected chi connectivity index (χ1v) is 10.0. The van der Waals surface area contributed by atoms with Crippen LogP contribution in [0.1, 0.15) is 37.5 Å². The summed E-state index contributed by atoms with van der Waals surface area (Å²) in [6, 6.07) is 14.7. The van der Waals surface area contributed by atoms with E-state index in [1.54, 1.807) is 17.9 Å². The fourth-order valence-corrected chi connectivity index (χ4v) is 3.14. The summed E-state index contributed by atoms with van der Waals surface area (Å²) in [6.45, 7) is 8.71. The Bertz CT molecular complexity index is 820. The predicted octanol–water partition coefficient (Wildman–Crippen LogP) is 4.38. The minimum Gasteiger partial charge on any atom is -0.354 e. The summed E-state index contributed by atoms with van der Waals surface area (Å²) in [6.07, 6.45) is 0.244. The van der Waals surface area contributed by atoms with E-state index >= 15 is 0 Å². The van der Waals surface area contributed by atoms with Crippen LogP contribution in [0.5, 0.6) is 0 Å². The molecule has 150 valence electrons. The number of nitrogens with zero attached hydrogens (tertiary/aromatic N) is 1. The summed E-state index contributed by atoms with van der Waals surface area (Å²) in [5.41, 5.74) is 2.86. The van der Waals surface area contributed by atoms with E-state index in [-0.39, 0.29) is 18.2 Å². The van der Waals surface area contributed by atoms with Crippen molar-refractivity contribution in [3.05, 3.63) is 70.2 Å². The molecule has 0 aliphatic carbocycles. The molecule has 2 amide bonds. The van der Waals surface area contributed by atoms with Crippen LogP contribution in [0.3, 0.4) is 0 Å². The average molecular weight is 401 g/mol. The van der Waals surface area contributed by atoms with Gasteiger partial charge in [0, 0.05) is 18.1 Å². The van der Waals surface area contributed by atoms with Gasteiger partial charge < -0.3 is 10.2 Å². The van der Waals surface area contributed by atoms with Gasteiger partial charge in [0.25, 0.3) is 0 Å². The highest BCUT2D eigenvalue weighted by atomic mass is 35.5. The summed E-state index contributed by atoms with van der Waals surface area (Å²) >= 11 is 6.30. The molecule has 4 nitrogen and oxygen atoms in total. The molecule has 2 aromatic rings. The first-order chi connectivity index (χ1) is 13.3. The Labute approximate surface area is 172 Å². The number of nitrogens with one attached hydrogen (secondary N) is 1. The fourth-order valence-electron chi connectivity index (χ4n) is 2.94. The van der Waals surface area contributed by atoms with Gasteiger partial charge in [-0.15, -0.1) is 0 Å². The number of benzene rings is 2. The van der Waals surface area contributed by atoms with Crippen molar-refractivity contribution in [1.29, 1.82) is 0 Å². The van der Waals surface area contributed by atoms with E-state index in [2.05, 4.69) is 5.32 Å². The molecule has 0 spiro atoms. The van der Waals surface area contributed by atoms with Crippen molar-refractivity contribution in [2.45, 2.75) is 46.7 Å². The van der Waals surface area contributed by atoms with Crippen molar-refractivity contribution in [1.82, 2.24) is 10.2 Å². The van der Waals surface area contributed by atoms with Gasteiger partial charge in [-0.25, -0.2) is 0 Å². The number of halogens is 1. The summed E-state index contributed by atoms with van der Waals surface area (Å²) in [4.78, 5) is 27.4. The number of rotatable bonds is 8. The Balaban J connectivity index is 2.22.